The molecule has 1 saturated heterocycles. The van der Waals surface area contributed by atoms with E-state index in [9.17, 15) is 0 Å². The summed E-state index contributed by atoms with van der Waals surface area (Å²) in [6.45, 7) is 7.05. The van der Waals surface area contributed by atoms with Gasteiger partial charge < -0.3 is 9.80 Å². The normalized spacial score (nSPS) is 20.6. The van der Waals surface area contributed by atoms with Gasteiger partial charge in [-0.25, -0.2) is 15.0 Å². The molecule has 6 heteroatoms. The van der Waals surface area contributed by atoms with E-state index in [1.807, 2.05) is 13.0 Å². The zero-order chi connectivity index (χ0) is 14.3. The minimum absolute atomic E-state index is 0.498. The minimum Gasteiger partial charge on any atom is -0.354 e. The van der Waals surface area contributed by atoms with Gasteiger partial charge in [-0.2, -0.15) is 0 Å². The van der Waals surface area contributed by atoms with E-state index in [2.05, 4.69) is 38.7 Å². The molecule has 5 nitrogen and oxygen atoms in total. The van der Waals surface area contributed by atoms with Crippen molar-refractivity contribution < 1.29 is 0 Å². The van der Waals surface area contributed by atoms with Gasteiger partial charge in [0.25, 0.3) is 0 Å². The van der Waals surface area contributed by atoms with Crippen molar-refractivity contribution >= 4 is 28.3 Å². The highest BCUT2D eigenvalue weighted by atomic mass is 35.5. The molecule has 0 aromatic carbocycles. The van der Waals surface area contributed by atoms with Crippen molar-refractivity contribution in [2.45, 2.75) is 19.9 Å². The van der Waals surface area contributed by atoms with Gasteiger partial charge in [0.1, 0.15) is 16.8 Å². The first-order valence-corrected chi connectivity index (χ1v) is 7.17. The third-order valence-electron chi connectivity index (χ3n) is 3.92. The number of aryl methyl sites for hydroxylation is 1. The maximum atomic E-state index is 6.22. The van der Waals surface area contributed by atoms with Crippen molar-refractivity contribution in [1.29, 1.82) is 0 Å². The van der Waals surface area contributed by atoms with Crippen molar-refractivity contribution in [3.8, 4) is 0 Å². The van der Waals surface area contributed by atoms with Crippen LogP contribution in [-0.4, -0.2) is 52.6 Å². The third-order valence-corrected chi connectivity index (χ3v) is 4.20. The van der Waals surface area contributed by atoms with Crippen LogP contribution in [0.15, 0.2) is 12.3 Å². The van der Waals surface area contributed by atoms with Crippen molar-refractivity contribution in [1.82, 2.24) is 19.9 Å². The lowest BCUT2D eigenvalue weighted by Gasteiger charge is -2.38. The number of piperazine rings is 1. The van der Waals surface area contributed by atoms with Crippen molar-refractivity contribution in [3.05, 3.63) is 23.2 Å². The number of rotatable bonds is 1. The Morgan fingerprint density at radius 2 is 2.10 bits per heavy atom. The van der Waals surface area contributed by atoms with E-state index in [0.29, 0.717) is 17.0 Å². The average molecular weight is 292 g/mol. The molecule has 0 bridgehead atoms. The smallest absolute Gasteiger partial charge is 0.140 e. The quantitative estimate of drug-likeness (QED) is 0.753. The van der Waals surface area contributed by atoms with Crippen LogP contribution < -0.4 is 4.90 Å². The molecule has 1 unspecified atom stereocenters. The Morgan fingerprint density at radius 1 is 1.30 bits per heavy atom. The number of halogens is 1. The summed E-state index contributed by atoms with van der Waals surface area (Å²) in [6.07, 6.45) is 1.79. The van der Waals surface area contributed by atoms with E-state index in [1.54, 1.807) is 6.20 Å². The molecule has 3 heterocycles. The zero-order valence-electron chi connectivity index (χ0n) is 12.0. The molecule has 0 spiro atoms. The molecule has 1 aliphatic rings. The predicted molar refractivity (Wildman–Crippen MR) is 81.4 cm³/mol. The van der Waals surface area contributed by atoms with Gasteiger partial charge in [0.2, 0.25) is 0 Å². The summed E-state index contributed by atoms with van der Waals surface area (Å²) in [7, 11) is 2.16. The number of pyridine rings is 1. The Morgan fingerprint density at radius 3 is 2.85 bits per heavy atom. The van der Waals surface area contributed by atoms with Crippen molar-refractivity contribution in [2.75, 3.05) is 31.6 Å². The molecule has 1 aliphatic heterocycles. The van der Waals surface area contributed by atoms with Crippen LogP contribution in [0.3, 0.4) is 0 Å². The fraction of sp³-hybridized carbons (Fsp3) is 0.500. The summed E-state index contributed by atoms with van der Waals surface area (Å²) in [5.41, 5.74) is 0.799. The molecule has 1 atom stereocenters. The molecule has 0 N–H and O–H groups in total. The first kappa shape index (κ1) is 13.5. The second kappa shape index (κ2) is 5.14. The van der Waals surface area contributed by atoms with Crippen LogP contribution in [-0.2, 0) is 0 Å². The van der Waals surface area contributed by atoms with Crippen LogP contribution >= 0.6 is 11.6 Å². The highest BCUT2D eigenvalue weighted by Crippen LogP contribution is 2.25. The van der Waals surface area contributed by atoms with Crippen LogP contribution in [0.2, 0.25) is 5.15 Å². The maximum absolute atomic E-state index is 6.22. The number of fused-ring (bicyclic) bond motifs is 1. The predicted octanol–water partition coefficient (Wildman–Crippen LogP) is 2.13. The number of hydrogen-bond acceptors (Lipinski definition) is 5. The minimum atomic E-state index is 0.498. The number of aromatic nitrogens is 3. The van der Waals surface area contributed by atoms with E-state index < -0.39 is 0 Å². The monoisotopic (exact) mass is 291 g/mol. The molecule has 2 aromatic rings. The number of nitrogens with zero attached hydrogens (tertiary/aromatic N) is 5. The Hall–Kier alpha value is -1.46. The van der Waals surface area contributed by atoms with Gasteiger partial charge in [-0.3, -0.25) is 0 Å². The second-order valence-electron chi connectivity index (χ2n) is 5.40. The second-order valence-corrected chi connectivity index (χ2v) is 5.75. The molecular formula is C14H18ClN5. The SMILES string of the molecule is Cc1nc(Cl)c2cc(N3CCN(C)C(C)C3)ncc2n1. The van der Waals surface area contributed by atoms with Crippen LogP contribution in [0.5, 0.6) is 0 Å². The van der Waals surface area contributed by atoms with E-state index >= 15 is 0 Å². The van der Waals surface area contributed by atoms with E-state index in [4.69, 9.17) is 11.6 Å². The molecule has 3 rings (SSSR count). The molecule has 0 aliphatic carbocycles. The summed E-state index contributed by atoms with van der Waals surface area (Å²) < 4.78 is 0. The van der Waals surface area contributed by atoms with E-state index in [0.717, 1.165) is 36.4 Å². The summed E-state index contributed by atoms with van der Waals surface area (Å²) >= 11 is 6.22. The zero-order valence-corrected chi connectivity index (χ0v) is 12.7. The summed E-state index contributed by atoms with van der Waals surface area (Å²) in [5, 5.41) is 1.37. The fourth-order valence-electron chi connectivity index (χ4n) is 2.52. The molecule has 2 aromatic heterocycles. The average Bonchev–Trinajstić information content (AvgIpc) is 2.41. The van der Waals surface area contributed by atoms with Crippen LogP contribution in [0.25, 0.3) is 10.9 Å². The van der Waals surface area contributed by atoms with Crippen LogP contribution in [0.1, 0.15) is 12.7 Å². The summed E-state index contributed by atoms with van der Waals surface area (Å²) in [5.74, 6) is 1.62. The van der Waals surface area contributed by atoms with Crippen LogP contribution in [0.4, 0.5) is 5.82 Å². The lowest BCUT2D eigenvalue weighted by Crippen LogP contribution is -2.50. The first-order chi connectivity index (χ1) is 9.54. The first-order valence-electron chi connectivity index (χ1n) is 6.79. The van der Waals surface area contributed by atoms with Gasteiger partial charge in [0.15, 0.2) is 0 Å². The highest BCUT2D eigenvalue weighted by molar-refractivity contribution is 6.34. The number of anilines is 1. The van der Waals surface area contributed by atoms with Gasteiger partial charge in [-0.05, 0) is 27.0 Å². The molecule has 20 heavy (non-hydrogen) atoms. The Bertz CT molecular complexity index is 645. The Kier molecular flexibility index (Phi) is 3.48. The molecule has 0 radical (unpaired) electrons. The fourth-order valence-corrected chi connectivity index (χ4v) is 2.80. The van der Waals surface area contributed by atoms with Crippen molar-refractivity contribution in [3.63, 3.8) is 0 Å². The van der Waals surface area contributed by atoms with Gasteiger partial charge >= 0.3 is 0 Å². The maximum Gasteiger partial charge on any atom is 0.140 e. The van der Waals surface area contributed by atoms with E-state index in [1.165, 1.54) is 0 Å². The van der Waals surface area contributed by atoms with Gasteiger partial charge in [0, 0.05) is 31.1 Å². The van der Waals surface area contributed by atoms with Gasteiger partial charge in [0.05, 0.1) is 11.7 Å². The standard InChI is InChI=1S/C14H18ClN5/c1-9-8-20(5-4-19(9)3)13-6-11-12(7-16-13)17-10(2)18-14(11)15/h6-7,9H,4-5,8H2,1-3H3. The molecule has 0 saturated carbocycles. The van der Waals surface area contributed by atoms with Crippen LogP contribution in [0, 0.1) is 6.92 Å². The highest BCUT2D eigenvalue weighted by Gasteiger charge is 2.22. The number of likely N-dealkylation sites (N-methyl/N-ethyl adjacent to an activating group) is 1. The summed E-state index contributed by atoms with van der Waals surface area (Å²) in [4.78, 5) is 17.8. The molecule has 1 fully saturated rings. The van der Waals surface area contributed by atoms with E-state index in [-0.39, 0.29) is 0 Å². The third kappa shape index (κ3) is 2.43. The number of hydrogen-bond donors (Lipinski definition) is 0. The molecule has 106 valence electrons. The lowest BCUT2D eigenvalue weighted by atomic mass is 10.2. The topological polar surface area (TPSA) is 45.2 Å². The summed E-state index contributed by atoms with van der Waals surface area (Å²) in [6, 6.07) is 2.51. The van der Waals surface area contributed by atoms with Gasteiger partial charge in [-0.1, -0.05) is 11.6 Å². The molecular weight excluding hydrogens is 274 g/mol. The lowest BCUT2D eigenvalue weighted by molar-refractivity contribution is 0.233. The van der Waals surface area contributed by atoms with Crippen molar-refractivity contribution in [2.24, 2.45) is 0 Å². The largest absolute Gasteiger partial charge is 0.354 e. The Balaban J connectivity index is 1.97. The Labute approximate surface area is 123 Å². The van der Waals surface area contributed by atoms with Gasteiger partial charge in [-0.15, -0.1) is 0 Å². The molecule has 0 amide bonds.